The summed E-state index contributed by atoms with van der Waals surface area (Å²) >= 11 is 2.99. The predicted octanol–water partition coefficient (Wildman–Crippen LogP) is 4.27. The summed E-state index contributed by atoms with van der Waals surface area (Å²) in [7, 11) is 0. The molecule has 0 aliphatic heterocycles. The van der Waals surface area contributed by atoms with Crippen molar-refractivity contribution in [3.63, 3.8) is 0 Å². The van der Waals surface area contributed by atoms with E-state index in [-0.39, 0.29) is 18.0 Å². The Morgan fingerprint density at radius 1 is 1.26 bits per heavy atom. The van der Waals surface area contributed by atoms with Crippen LogP contribution in [0, 0.1) is 11.3 Å². The number of rotatable bonds is 7. The van der Waals surface area contributed by atoms with Crippen LogP contribution in [0.3, 0.4) is 0 Å². The molecule has 1 amide bonds. The minimum Gasteiger partial charge on any atom is -0.333 e. The molecule has 3 heterocycles. The molecule has 0 radical (unpaired) electrons. The third-order valence-electron chi connectivity index (χ3n) is 4.81. The molecule has 6 nitrogen and oxygen atoms in total. The van der Waals surface area contributed by atoms with E-state index in [0.29, 0.717) is 28.9 Å². The van der Waals surface area contributed by atoms with Crippen molar-refractivity contribution in [2.24, 2.45) is 0 Å². The summed E-state index contributed by atoms with van der Waals surface area (Å²) in [4.78, 5) is 33.9. The first-order chi connectivity index (χ1) is 15.1. The number of nitrogens with zero attached hydrogens (tertiary/aromatic N) is 4. The first kappa shape index (κ1) is 20.7. The molecule has 0 saturated carbocycles. The Bertz CT molecular complexity index is 1330. The van der Waals surface area contributed by atoms with Crippen LogP contribution in [0.2, 0.25) is 0 Å². The lowest BCUT2D eigenvalue weighted by Crippen LogP contribution is -2.36. The summed E-state index contributed by atoms with van der Waals surface area (Å²) in [5.41, 5.74) is 2.09. The molecule has 0 aliphatic rings. The van der Waals surface area contributed by atoms with E-state index in [1.807, 2.05) is 35.0 Å². The fourth-order valence-electron chi connectivity index (χ4n) is 3.25. The highest BCUT2D eigenvalue weighted by atomic mass is 32.1. The van der Waals surface area contributed by atoms with E-state index in [2.05, 4.69) is 17.6 Å². The van der Waals surface area contributed by atoms with Gasteiger partial charge in [0.2, 0.25) is 5.91 Å². The highest BCUT2D eigenvalue weighted by Crippen LogP contribution is 2.33. The first-order valence-corrected chi connectivity index (χ1v) is 11.2. The van der Waals surface area contributed by atoms with E-state index in [4.69, 9.17) is 5.26 Å². The average molecular weight is 447 g/mol. The number of aromatic nitrogens is 2. The van der Waals surface area contributed by atoms with E-state index in [9.17, 15) is 9.59 Å². The van der Waals surface area contributed by atoms with E-state index in [0.717, 1.165) is 16.0 Å². The number of amides is 1. The first-order valence-electron chi connectivity index (χ1n) is 9.49. The van der Waals surface area contributed by atoms with Gasteiger partial charge < -0.3 is 4.90 Å². The summed E-state index contributed by atoms with van der Waals surface area (Å²) in [6.45, 7) is 4.34. The molecular weight excluding hydrogens is 428 g/mol. The molecule has 154 valence electrons. The Balaban J connectivity index is 1.60. The maximum Gasteiger partial charge on any atom is 0.263 e. The van der Waals surface area contributed by atoms with Crippen molar-refractivity contribution in [3.05, 3.63) is 87.6 Å². The van der Waals surface area contributed by atoms with Crippen LogP contribution in [0.5, 0.6) is 0 Å². The largest absolute Gasteiger partial charge is 0.333 e. The van der Waals surface area contributed by atoms with Gasteiger partial charge in [0.15, 0.2) is 0 Å². The Hall–Kier alpha value is -3.54. The highest BCUT2D eigenvalue weighted by Gasteiger charge is 2.18. The van der Waals surface area contributed by atoms with E-state index < -0.39 is 0 Å². The van der Waals surface area contributed by atoms with Crippen LogP contribution in [-0.4, -0.2) is 26.9 Å². The van der Waals surface area contributed by atoms with Gasteiger partial charge in [-0.15, -0.1) is 29.3 Å². The maximum absolute atomic E-state index is 13.2. The summed E-state index contributed by atoms with van der Waals surface area (Å²) in [5, 5.41) is 13.4. The molecule has 8 heteroatoms. The van der Waals surface area contributed by atoms with E-state index in [1.165, 1.54) is 22.2 Å². The van der Waals surface area contributed by atoms with Gasteiger partial charge in [0, 0.05) is 28.9 Å². The number of carbonyl (C=O) groups excluding carboxylic acids is 1. The van der Waals surface area contributed by atoms with Gasteiger partial charge in [0.25, 0.3) is 5.56 Å². The second-order valence-electron chi connectivity index (χ2n) is 6.86. The lowest BCUT2D eigenvalue weighted by molar-refractivity contribution is -0.132. The number of hydrogen-bond acceptors (Lipinski definition) is 6. The topological polar surface area (TPSA) is 79.0 Å². The summed E-state index contributed by atoms with van der Waals surface area (Å²) in [5.74, 6) is -0.208. The van der Waals surface area contributed by atoms with Gasteiger partial charge in [-0.05, 0) is 29.1 Å². The van der Waals surface area contributed by atoms with Gasteiger partial charge in [0.05, 0.1) is 23.3 Å². The molecule has 4 rings (SSSR count). The van der Waals surface area contributed by atoms with Crippen molar-refractivity contribution in [3.8, 4) is 16.5 Å². The zero-order chi connectivity index (χ0) is 21.8. The Morgan fingerprint density at radius 2 is 2.06 bits per heavy atom. The van der Waals surface area contributed by atoms with E-state index >= 15 is 0 Å². The minimum atomic E-state index is -0.222. The van der Waals surface area contributed by atoms with Gasteiger partial charge in [0.1, 0.15) is 11.4 Å². The predicted molar refractivity (Wildman–Crippen MR) is 124 cm³/mol. The molecule has 1 aromatic carbocycles. The molecule has 0 unspecified atom stereocenters. The fraction of sp³-hybridized carbons (Fsp3) is 0.130. The lowest BCUT2D eigenvalue weighted by atomic mass is 10.1. The molecule has 0 fully saturated rings. The number of carbonyl (C=O) groups is 1. The van der Waals surface area contributed by atoms with Crippen molar-refractivity contribution in [2.75, 3.05) is 6.54 Å². The average Bonchev–Trinajstić information content (AvgIpc) is 3.46. The van der Waals surface area contributed by atoms with Crippen molar-refractivity contribution in [2.45, 2.75) is 13.1 Å². The summed E-state index contributed by atoms with van der Waals surface area (Å²) in [6.07, 6.45) is 3.09. The number of fused-ring (bicyclic) bond motifs is 1. The van der Waals surface area contributed by atoms with Crippen LogP contribution in [0.4, 0.5) is 0 Å². The van der Waals surface area contributed by atoms with Crippen LogP contribution < -0.4 is 5.56 Å². The second kappa shape index (κ2) is 9.08. The fourth-order valence-corrected chi connectivity index (χ4v) is 4.98. The number of nitriles is 1. The molecule has 0 spiro atoms. The molecule has 31 heavy (non-hydrogen) atoms. The highest BCUT2D eigenvalue weighted by molar-refractivity contribution is 7.18. The zero-order valence-electron chi connectivity index (χ0n) is 16.5. The second-order valence-corrected chi connectivity index (χ2v) is 8.66. The standard InChI is InChI=1S/C23H18N4O2S2/c1-2-9-26(12-17-7-5-16(11-24)6-8-17)20(28)13-27-15-25-22-21(23(27)29)18(14-31-22)19-4-3-10-30-19/h2-8,10,14-15H,1,9,12-13H2. The van der Waals surface area contributed by atoms with Crippen molar-refractivity contribution >= 4 is 38.8 Å². The molecule has 4 aromatic rings. The lowest BCUT2D eigenvalue weighted by Gasteiger charge is -2.21. The molecular formula is C23H18N4O2S2. The van der Waals surface area contributed by atoms with Crippen molar-refractivity contribution in [1.82, 2.24) is 14.5 Å². The van der Waals surface area contributed by atoms with Gasteiger partial charge in [-0.25, -0.2) is 4.98 Å². The normalized spacial score (nSPS) is 10.7. The van der Waals surface area contributed by atoms with Crippen LogP contribution in [0.15, 0.2) is 70.9 Å². The number of thiophene rings is 2. The van der Waals surface area contributed by atoms with Crippen LogP contribution in [0.25, 0.3) is 20.7 Å². The van der Waals surface area contributed by atoms with Gasteiger partial charge in [-0.2, -0.15) is 5.26 Å². The van der Waals surface area contributed by atoms with Gasteiger partial charge in [-0.3, -0.25) is 14.2 Å². The van der Waals surface area contributed by atoms with Crippen molar-refractivity contribution < 1.29 is 4.79 Å². The molecule has 0 atom stereocenters. The molecule has 0 bridgehead atoms. The van der Waals surface area contributed by atoms with Crippen LogP contribution >= 0.6 is 22.7 Å². The molecule has 0 aliphatic carbocycles. The Labute approximate surface area is 186 Å². The van der Waals surface area contributed by atoms with Crippen LogP contribution in [0.1, 0.15) is 11.1 Å². The SMILES string of the molecule is C=CCN(Cc1ccc(C#N)cc1)C(=O)Cn1cnc2scc(-c3cccs3)c2c1=O. The van der Waals surface area contributed by atoms with Gasteiger partial charge in [-0.1, -0.05) is 24.3 Å². The number of benzene rings is 1. The monoisotopic (exact) mass is 446 g/mol. The van der Waals surface area contributed by atoms with Gasteiger partial charge >= 0.3 is 0 Å². The molecule has 0 N–H and O–H groups in total. The van der Waals surface area contributed by atoms with Crippen molar-refractivity contribution in [1.29, 1.82) is 5.26 Å². The molecule has 0 saturated heterocycles. The Kier molecular flexibility index (Phi) is 6.07. The third-order valence-corrected chi connectivity index (χ3v) is 6.60. The van der Waals surface area contributed by atoms with Crippen LogP contribution in [-0.2, 0) is 17.9 Å². The maximum atomic E-state index is 13.2. The smallest absolute Gasteiger partial charge is 0.263 e. The quantitative estimate of drug-likeness (QED) is 0.397. The summed E-state index contributed by atoms with van der Waals surface area (Å²) < 4.78 is 1.36. The Morgan fingerprint density at radius 3 is 2.74 bits per heavy atom. The zero-order valence-corrected chi connectivity index (χ0v) is 18.2. The third kappa shape index (κ3) is 4.33. The molecule has 3 aromatic heterocycles. The summed E-state index contributed by atoms with van der Waals surface area (Å²) in [6, 6.07) is 13.1. The minimum absolute atomic E-state index is 0.106. The van der Waals surface area contributed by atoms with E-state index in [1.54, 1.807) is 34.4 Å². The number of hydrogen-bond donors (Lipinski definition) is 0.